The van der Waals surface area contributed by atoms with E-state index in [1.165, 1.54) is 32.9 Å². The fourth-order valence-electron chi connectivity index (χ4n) is 1.82. The predicted octanol–water partition coefficient (Wildman–Crippen LogP) is 4.70. The Balaban J connectivity index is 2.54. The van der Waals surface area contributed by atoms with Gasteiger partial charge in [-0.15, -0.1) is 0 Å². The van der Waals surface area contributed by atoms with E-state index in [-0.39, 0.29) is 0 Å². The molecule has 17 heavy (non-hydrogen) atoms. The van der Waals surface area contributed by atoms with Crippen LogP contribution in [0.5, 0.6) is 0 Å². The molecule has 1 unspecified atom stereocenters. The first kappa shape index (κ1) is 15.2. The summed E-state index contributed by atoms with van der Waals surface area (Å²) in [5.74, 6) is 0.773. The summed E-state index contributed by atoms with van der Waals surface area (Å²) in [4.78, 5) is 0. The number of aryl methyl sites for hydroxylation is 2. The summed E-state index contributed by atoms with van der Waals surface area (Å²) in [6.07, 6.45) is 3.64. The highest BCUT2D eigenvalue weighted by atomic mass is 79.9. The molecule has 1 aromatic carbocycles. The second-order valence-corrected chi connectivity index (χ2v) is 6.44. The number of benzene rings is 1. The zero-order valence-corrected chi connectivity index (χ0v) is 14.0. The monoisotopic (exact) mass is 361 g/mol. The van der Waals surface area contributed by atoms with Gasteiger partial charge in [-0.3, -0.25) is 0 Å². The first-order valence-corrected chi connectivity index (χ1v) is 7.72. The van der Waals surface area contributed by atoms with Gasteiger partial charge in [-0.1, -0.05) is 38.8 Å². The third kappa shape index (κ3) is 5.11. The molecule has 96 valence electrons. The van der Waals surface area contributed by atoms with E-state index in [1.807, 2.05) is 7.05 Å². The van der Waals surface area contributed by atoms with Crippen LogP contribution in [0.15, 0.2) is 21.1 Å². The molecule has 0 aromatic heterocycles. The smallest absolute Gasteiger partial charge is 0.0210 e. The van der Waals surface area contributed by atoms with Gasteiger partial charge in [0, 0.05) is 8.95 Å². The third-order valence-electron chi connectivity index (χ3n) is 3.12. The summed E-state index contributed by atoms with van der Waals surface area (Å²) in [7, 11) is 2.01. The van der Waals surface area contributed by atoms with Crippen LogP contribution in [-0.2, 0) is 6.42 Å². The minimum Gasteiger partial charge on any atom is -0.320 e. The lowest BCUT2D eigenvalue weighted by atomic mass is 9.98. The molecule has 0 saturated carbocycles. The highest BCUT2D eigenvalue weighted by molar-refractivity contribution is 9.11. The number of hydrogen-bond acceptors (Lipinski definition) is 1. The summed E-state index contributed by atoms with van der Waals surface area (Å²) in [6.45, 7) is 5.56. The van der Waals surface area contributed by atoms with Crippen molar-refractivity contribution < 1.29 is 0 Å². The number of rotatable bonds is 6. The van der Waals surface area contributed by atoms with E-state index in [4.69, 9.17) is 0 Å². The zero-order chi connectivity index (χ0) is 12.8. The van der Waals surface area contributed by atoms with Gasteiger partial charge in [0.15, 0.2) is 0 Å². The average molecular weight is 363 g/mol. The van der Waals surface area contributed by atoms with Gasteiger partial charge < -0.3 is 5.32 Å². The molecule has 0 radical (unpaired) electrons. The van der Waals surface area contributed by atoms with Crippen molar-refractivity contribution in [1.29, 1.82) is 0 Å². The highest BCUT2D eigenvalue weighted by Crippen LogP contribution is 2.27. The molecule has 1 aromatic rings. The number of hydrogen-bond donors (Lipinski definition) is 1. The normalized spacial score (nSPS) is 12.8. The molecule has 0 bridgehead atoms. The Bertz CT molecular complexity index is 363. The van der Waals surface area contributed by atoms with Crippen molar-refractivity contribution in [2.24, 2.45) is 5.92 Å². The third-order valence-corrected chi connectivity index (χ3v) is 4.71. The van der Waals surface area contributed by atoms with Crippen LogP contribution >= 0.6 is 31.9 Å². The molecule has 0 aliphatic rings. The Labute approximate surface area is 122 Å². The molecule has 1 atom stereocenters. The van der Waals surface area contributed by atoms with Gasteiger partial charge in [-0.2, -0.15) is 0 Å². The van der Waals surface area contributed by atoms with Gasteiger partial charge >= 0.3 is 0 Å². The van der Waals surface area contributed by atoms with Crippen LogP contribution in [-0.4, -0.2) is 13.6 Å². The van der Waals surface area contributed by atoms with Crippen molar-refractivity contribution in [3.05, 3.63) is 32.2 Å². The topological polar surface area (TPSA) is 12.0 Å². The van der Waals surface area contributed by atoms with Crippen LogP contribution in [0.25, 0.3) is 0 Å². The van der Waals surface area contributed by atoms with E-state index < -0.39 is 0 Å². The van der Waals surface area contributed by atoms with Crippen LogP contribution in [0.3, 0.4) is 0 Å². The van der Waals surface area contributed by atoms with Crippen molar-refractivity contribution in [3.8, 4) is 0 Å². The molecular formula is C14H21Br2N. The van der Waals surface area contributed by atoms with Crippen LogP contribution in [0.2, 0.25) is 0 Å². The van der Waals surface area contributed by atoms with Crippen molar-refractivity contribution in [1.82, 2.24) is 5.32 Å². The molecule has 1 rings (SSSR count). The molecule has 0 saturated heterocycles. The van der Waals surface area contributed by atoms with E-state index in [0.29, 0.717) is 0 Å². The number of halogens is 2. The largest absolute Gasteiger partial charge is 0.320 e. The molecule has 0 spiro atoms. The Kier molecular flexibility index (Phi) is 6.75. The summed E-state index contributed by atoms with van der Waals surface area (Å²) >= 11 is 7.25. The second kappa shape index (κ2) is 7.55. The van der Waals surface area contributed by atoms with E-state index in [1.54, 1.807) is 0 Å². The second-order valence-electron chi connectivity index (χ2n) is 4.73. The molecule has 1 N–H and O–H groups in total. The lowest BCUT2D eigenvalue weighted by Gasteiger charge is -2.12. The fourth-order valence-corrected chi connectivity index (χ4v) is 2.86. The zero-order valence-electron chi connectivity index (χ0n) is 10.8. The van der Waals surface area contributed by atoms with E-state index in [0.717, 1.165) is 18.9 Å². The first-order valence-electron chi connectivity index (χ1n) is 6.13. The minimum atomic E-state index is 0.773. The SMILES string of the molecule is CNCCC(C)CCc1cc(Br)c(C)cc1Br. The quantitative estimate of drug-likeness (QED) is 0.773. The van der Waals surface area contributed by atoms with Gasteiger partial charge in [-0.05, 0) is 69.0 Å². The lowest BCUT2D eigenvalue weighted by molar-refractivity contribution is 0.481. The van der Waals surface area contributed by atoms with Gasteiger partial charge in [0.1, 0.15) is 0 Å². The Morgan fingerprint density at radius 3 is 2.53 bits per heavy atom. The summed E-state index contributed by atoms with van der Waals surface area (Å²) in [5, 5.41) is 3.21. The maximum Gasteiger partial charge on any atom is 0.0210 e. The van der Waals surface area contributed by atoms with Crippen molar-refractivity contribution >= 4 is 31.9 Å². The predicted molar refractivity (Wildman–Crippen MR) is 82.6 cm³/mol. The first-order chi connectivity index (χ1) is 8.04. The lowest BCUT2D eigenvalue weighted by Crippen LogP contribution is -2.12. The number of nitrogens with one attached hydrogen (secondary N) is 1. The van der Waals surface area contributed by atoms with E-state index in [9.17, 15) is 0 Å². The molecule has 0 heterocycles. The standard InChI is InChI=1S/C14H21Br2N/c1-10(6-7-17-3)4-5-12-9-13(15)11(2)8-14(12)16/h8-10,17H,4-7H2,1-3H3. The van der Waals surface area contributed by atoms with Gasteiger partial charge in [0.2, 0.25) is 0 Å². The molecule has 0 aliphatic carbocycles. The van der Waals surface area contributed by atoms with Crippen LogP contribution in [0.1, 0.15) is 30.9 Å². The van der Waals surface area contributed by atoms with E-state index in [2.05, 4.69) is 63.2 Å². The van der Waals surface area contributed by atoms with Crippen LogP contribution in [0, 0.1) is 12.8 Å². The van der Waals surface area contributed by atoms with Crippen molar-refractivity contribution in [2.45, 2.75) is 33.1 Å². The van der Waals surface area contributed by atoms with Gasteiger partial charge in [0.05, 0.1) is 0 Å². The van der Waals surface area contributed by atoms with Gasteiger partial charge in [-0.25, -0.2) is 0 Å². The maximum atomic E-state index is 3.65. The summed E-state index contributed by atoms with van der Waals surface area (Å²) in [5.41, 5.74) is 2.68. The highest BCUT2D eigenvalue weighted by Gasteiger charge is 2.07. The van der Waals surface area contributed by atoms with E-state index >= 15 is 0 Å². The molecule has 1 nitrogen and oxygen atoms in total. The maximum absolute atomic E-state index is 3.65. The minimum absolute atomic E-state index is 0.773. The average Bonchev–Trinajstić information content (AvgIpc) is 2.29. The van der Waals surface area contributed by atoms with Gasteiger partial charge in [0.25, 0.3) is 0 Å². The molecule has 0 aliphatic heterocycles. The van der Waals surface area contributed by atoms with Crippen molar-refractivity contribution in [3.63, 3.8) is 0 Å². The van der Waals surface area contributed by atoms with Crippen molar-refractivity contribution in [2.75, 3.05) is 13.6 Å². The Hall–Kier alpha value is 0.140. The molecular weight excluding hydrogens is 342 g/mol. The molecule has 3 heteroatoms. The summed E-state index contributed by atoms with van der Waals surface area (Å²) in [6, 6.07) is 4.43. The Morgan fingerprint density at radius 2 is 1.88 bits per heavy atom. The summed E-state index contributed by atoms with van der Waals surface area (Å²) < 4.78 is 2.44. The fraction of sp³-hybridized carbons (Fsp3) is 0.571. The molecule has 0 fully saturated rings. The van der Waals surface area contributed by atoms with Crippen LogP contribution < -0.4 is 5.32 Å². The molecule has 0 amide bonds. The van der Waals surface area contributed by atoms with Crippen LogP contribution in [0.4, 0.5) is 0 Å². The Morgan fingerprint density at radius 1 is 1.18 bits per heavy atom.